The quantitative estimate of drug-likeness (QED) is 0.405. The molecule has 0 radical (unpaired) electrons. The van der Waals surface area contributed by atoms with E-state index in [4.69, 9.17) is 0 Å². The van der Waals surface area contributed by atoms with Crippen molar-refractivity contribution < 1.29 is 0 Å². The molecule has 0 spiro atoms. The lowest BCUT2D eigenvalue weighted by Crippen LogP contribution is -2.00. The van der Waals surface area contributed by atoms with Crippen LogP contribution in [0.5, 0.6) is 0 Å². The monoisotopic (exact) mass is 168 g/mol. The average molecular weight is 168 g/mol. The summed E-state index contributed by atoms with van der Waals surface area (Å²) in [5.41, 5.74) is 0.935. The van der Waals surface area contributed by atoms with Crippen LogP contribution < -0.4 is 0 Å². The summed E-state index contributed by atoms with van der Waals surface area (Å²) in [7, 11) is 0.161. The Hall–Kier alpha value is -0.303. The topological polar surface area (TPSA) is 0 Å². The summed E-state index contributed by atoms with van der Waals surface area (Å²) in [6, 6.07) is 1.48. The van der Waals surface area contributed by atoms with Crippen molar-refractivity contribution in [1.29, 1.82) is 0 Å². The maximum absolute atomic E-state index is 3.78. The molecule has 0 nitrogen and oxygen atoms in total. The molecule has 0 aliphatic rings. The molecule has 64 valence electrons. The van der Waals surface area contributed by atoms with E-state index < -0.39 is 0 Å². The first-order valence-corrected chi connectivity index (χ1v) is 6.38. The van der Waals surface area contributed by atoms with Crippen LogP contribution in [0.3, 0.4) is 0 Å². The Balaban J connectivity index is 3.49. The Morgan fingerprint density at radius 3 is 2.18 bits per heavy atom. The van der Waals surface area contributed by atoms with E-state index in [1.165, 1.54) is 25.3 Å². The van der Waals surface area contributed by atoms with Gasteiger partial charge in [0.2, 0.25) is 0 Å². The highest BCUT2D eigenvalue weighted by molar-refractivity contribution is 6.37. The van der Waals surface area contributed by atoms with Gasteiger partial charge in [0.1, 0.15) is 0 Å². The number of hydrogen-bond acceptors (Lipinski definition) is 0. The van der Waals surface area contributed by atoms with Gasteiger partial charge in [-0.05, 0) is 18.4 Å². The number of rotatable bonds is 7. The number of allylic oxidation sites excluding steroid dienone is 2. The highest BCUT2D eigenvalue weighted by atomic mass is 28.2. The van der Waals surface area contributed by atoms with E-state index in [0.29, 0.717) is 0 Å². The van der Waals surface area contributed by atoms with Gasteiger partial charge < -0.3 is 0 Å². The molecule has 1 heteroatoms. The van der Waals surface area contributed by atoms with Crippen LogP contribution in [0.1, 0.15) is 26.2 Å². The molecule has 0 atom stereocenters. The van der Waals surface area contributed by atoms with Gasteiger partial charge in [-0.1, -0.05) is 31.5 Å². The Morgan fingerprint density at radius 2 is 1.82 bits per heavy atom. The van der Waals surface area contributed by atoms with Crippen molar-refractivity contribution in [2.75, 3.05) is 0 Å². The van der Waals surface area contributed by atoms with Crippen molar-refractivity contribution in [1.82, 2.24) is 0 Å². The molecule has 0 aromatic heterocycles. The summed E-state index contributed by atoms with van der Waals surface area (Å²) in [5, 5.41) is 0. The zero-order chi connectivity index (χ0) is 8.53. The lowest BCUT2D eigenvalue weighted by atomic mass is 10.2. The molecule has 11 heavy (non-hydrogen) atoms. The third-order valence-electron chi connectivity index (χ3n) is 1.97. The second kappa shape index (κ2) is 7.80. The van der Waals surface area contributed by atoms with Gasteiger partial charge in [-0.2, -0.15) is 0 Å². The SMILES string of the molecule is C=CCC(CC=C)[SiH2]CCC. The molecule has 0 saturated carbocycles. The zero-order valence-corrected chi connectivity index (χ0v) is 9.10. The van der Waals surface area contributed by atoms with E-state index in [9.17, 15) is 0 Å². The average Bonchev–Trinajstić information content (AvgIpc) is 2.01. The van der Waals surface area contributed by atoms with E-state index in [0.717, 1.165) is 5.54 Å². The van der Waals surface area contributed by atoms with Crippen LogP contribution in [-0.4, -0.2) is 9.52 Å². The molecule has 0 fully saturated rings. The summed E-state index contributed by atoms with van der Waals surface area (Å²) in [6.07, 6.45) is 7.88. The predicted octanol–water partition coefficient (Wildman–Crippen LogP) is 2.92. The Bertz CT molecular complexity index is 97.4. The van der Waals surface area contributed by atoms with Gasteiger partial charge in [0.15, 0.2) is 0 Å². The fraction of sp³-hybridized carbons (Fsp3) is 0.600. The molecule has 0 aromatic rings. The zero-order valence-electron chi connectivity index (χ0n) is 7.68. The smallest absolute Gasteiger partial charge is 0.0239 e. The second-order valence-corrected chi connectivity index (χ2v) is 5.50. The third-order valence-corrected chi connectivity index (χ3v) is 4.56. The summed E-state index contributed by atoms with van der Waals surface area (Å²) in [6.45, 7) is 9.83. The largest absolute Gasteiger partial charge is 0.103 e. The third kappa shape index (κ3) is 6.11. The lowest BCUT2D eigenvalue weighted by Gasteiger charge is -2.10. The van der Waals surface area contributed by atoms with E-state index in [1.807, 2.05) is 0 Å². The van der Waals surface area contributed by atoms with Crippen LogP contribution >= 0.6 is 0 Å². The van der Waals surface area contributed by atoms with Gasteiger partial charge in [0.05, 0.1) is 0 Å². The Kier molecular flexibility index (Phi) is 7.59. The van der Waals surface area contributed by atoms with E-state index in [-0.39, 0.29) is 9.52 Å². The Labute approximate surface area is 73.2 Å². The van der Waals surface area contributed by atoms with Gasteiger partial charge in [-0.25, -0.2) is 0 Å². The maximum Gasteiger partial charge on any atom is 0.0239 e. The van der Waals surface area contributed by atoms with Crippen LogP contribution in [0.2, 0.25) is 11.6 Å². The van der Waals surface area contributed by atoms with Crippen LogP contribution in [0.15, 0.2) is 25.3 Å². The molecular weight excluding hydrogens is 148 g/mol. The van der Waals surface area contributed by atoms with Crippen molar-refractivity contribution in [3.63, 3.8) is 0 Å². The van der Waals surface area contributed by atoms with Crippen molar-refractivity contribution in [3.8, 4) is 0 Å². The van der Waals surface area contributed by atoms with Gasteiger partial charge in [0.25, 0.3) is 0 Å². The molecule has 0 heterocycles. The highest BCUT2D eigenvalue weighted by Gasteiger charge is 2.03. The van der Waals surface area contributed by atoms with Gasteiger partial charge >= 0.3 is 0 Å². The van der Waals surface area contributed by atoms with Crippen molar-refractivity contribution in [3.05, 3.63) is 25.3 Å². The normalized spacial score (nSPS) is 11.1. The van der Waals surface area contributed by atoms with Gasteiger partial charge in [-0.3, -0.25) is 0 Å². The molecule has 0 aliphatic carbocycles. The first-order chi connectivity index (χ1) is 5.35. The first-order valence-electron chi connectivity index (χ1n) is 4.56. The minimum Gasteiger partial charge on any atom is -0.103 e. The van der Waals surface area contributed by atoms with Crippen LogP contribution in [-0.2, 0) is 0 Å². The molecule has 0 aliphatic heterocycles. The van der Waals surface area contributed by atoms with Crippen LogP contribution in [0.4, 0.5) is 0 Å². The van der Waals surface area contributed by atoms with E-state index >= 15 is 0 Å². The van der Waals surface area contributed by atoms with Crippen molar-refractivity contribution in [2.24, 2.45) is 0 Å². The summed E-state index contributed by atoms with van der Waals surface area (Å²) >= 11 is 0. The maximum atomic E-state index is 3.78. The van der Waals surface area contributed by atoms with E-state index in [1.54, 1.807) is 0 Å². The fourth-order valence-electron chi connectivity index (χ4n) is 1.30. The van der Waals surface area contributed by atoms with E-state index in [2.05, 4.69) is 32.2 Å². The molecule has 0 aromatic carbocycles. The van der Waals surface area contributed by atoms with Gasteiger partial charge in [0, 0.05) is 9.52 Å². The predicted molar refractivity (Wildman–Crippen MR) is 57.0 cm³/mol. The standard InChI is InChI=1S/C10H20Si/c1-4-7-10(8-5-2)11-9-6-3/h4-5,10H,1-2,6-9,11H2,3H3. The molecule has 0 bridgehead atoms. The molecule has 0 saturated heterocycles. The van der Waals surface area contributed by atoms with Crippen LogP contribution in [0.25, 0.3) is 0 Å². The molecule has 0 amide bonds. The summed E-state index contributed by atoms with van der Waals surface area (Å²) < 4.78 is 0. The minimum absolute atomic E-state index is 0.161. The number of hydrogen-bond donors (Lipinski definition) is 0. The summed E-state index contributed by atoms with van der Waals surface area (Å²) in [4.78, 5) is 0. The second-order valence-electron chi connectivity index (χ2n) is 3.06. The van der Waals surface area contributed by atoms with Gasteiger partial charge in [-0.15, -0.1) is 13.2 Å². The minimum atomic E-state index is 0.161. The summed E-state index contributed by atoms with van der Waals surface area (Å²) in [5.74, 6) is 0. The Morgan fingerprint density at radius 1 is 1.27 bits per heavy atom. The highest BCUT2D eigenvalue weighted by Crippen LogP contribution is 2.17. The molecule has 0 N–H and O–H groups in total. The van der Waals surface area contributed by atoms with Crippen molar-refractivity contribution >= 4 is 9.52 Å². The molecule has 0 rings (SSSR count). The fourth-order valence-corrected chi connectivity index (χ4v) is 3.22. The molecule has 0 unspecified atom stereocenters. The van der Waals surface area contributed by atoms with Crippen LogP contribution in [0, 0.1) is 0 Å². The lowest BCUT2D eigenvalue weighted by molar-refractivity contribution is 0.843. The van der Waals surface area contributed by atoms with Crippen molar-refractivity contribution in [2.45, 2.75) is 37.8 Å². The molecular formula is C10H20Si. The first kappa shape index (κ1) is 10.7.